The van der Waals surface area contributed by atoms with Gasteiger partial charge in [0, 0.05) is 12.6 Å². The lowest BCUT2D eigenvalue weighted by molar-refractivity contribution is -0.114. The minimum Gasteiger partial charge on any atom is -0.478 e. The van der Waals surface area contributed by atoms with E-state index in [-0.39, 0.29) is 11.5 Å². The molecule has 1 amide bonds. The molecule has 0 heterocycles. The maximum Gasteiger partial charge on any atom is 0.335 e. The van der Waals surface area contributed by atoms with E-state index >= 15 is 0 Å². The third kappa shape index (κ3) is 2.80. The van der Waals surface area contributed by atoms with Gasteiger partial charge in [0.05, 0.1) is 5.56 Å². The molecule has 0 unspecified atom stereocenters. The van der Waals surface area contributed by atoms with Crippen LogP contribution < -0.4 is 5.32 Å². The summed E-state index contributed by atoms with van der Waals surface area (Å²) >= 11 is 0. The molecule has 0 bridgehead atoms. The number of aryl methyl sites for hydroxylation is 1. The van der Waals surface area contributed by atoms with Crippen molar-refractivity contribution in [2.24, 2.45) is 0 Å². The summed E-state index contributed by atoms with van der Waals surface area (Å²) in [6.45, 7) is 3.33. The molecular weight excluding hydrogens is 194 g/mol. The van der Waals surface area contributed by atoms with Crippen LogP contribution in [0.15, 0.2) is 18.2 Å². The molecular formula is C11H13NO3. The topological polar surface area (TPSA) is 66.4 Å². The monoisotopic (exact) mass is 207 g/mol. The molecule has 4 heteroatoms. The molecule has 80 valence electrons. The SMILES string of the molecule is CCc1cc(C(=O)O)ccc1NC(C)=O. The zero-order valence-electron chi connectivity index (χ0n) is 8.70. The van der Waals surface area contributed by atoms with Gasteiger partial charge in [-0.2, -0.15) is 0 Å². The van der Waals surface area contributed by atoms with Gasteiger partial charge >= 0.3 is 5.97 Å². The molecule has 0 atom stereocenters. The number of carboxylic acids is 1. The number of hydrogen-bond acceptors (Lipinski definition) is 2. The normalized spacial score (nSPS) is 9.73. The van der Waals surface area contributed by atoms with E-state index < -0.39 is 5.97 Å². The van der Waals surface area contributed by atoms with E-state index in [9.17, 15) is 9.59 Å². The first kappa shape index (κ1) is 11.2. The molecule has 0 saturated carbocycles. The highest BCUT2D eigenvalue weighted by atomic mass is 16.4. The van der Waals surface area contributed by atoms with Crippen LogP contribution in [-0.2, 0) is 11.2 Å². The standard InChI is InChI=1S/C11H13NO3/c1-3-8-6-9(11(14)15)4-5-10(8)12-7(2)13/h4-6H,3H2,1-2H3,(H,12,13)(H,14,15). The average molecular weight is 207 g/mol. The summed E-state index contributed by atoms with van der Waals surface area (Å²) < 4.78 is 0. The van der Waals surface area contributed by atoms with Crippen LogP contribution in [0.4, 0.5) is 5.69 Å². The van der Waals surface area contributed by atoms with Crippen LogP contribution in [0.2, 0.25) is 0 Å². The van der Waals surface area contributed by atoms with Crippen LogP contribution in [0.5, 0.6) is 0 Å². The fraction of sp³-hybridized carbons (Fsp3) is 0.273. The molecule has 0 aromatic heterocycles. The van der Waals surface area contributed by atoms with Crippen molar-refractivity contribution in [3.05, 3.63) is 29.3 Å². The Kier molecular flexibility index (Phi) is 3.44. The highest BCUT2D eigenvalue weighted by Crippen LogP contribution is 2.18. The van der Waals surface area contributed by atoms with Crippen LogP contribution in [0.3, 0.4) is 0 Å². The summed E-state index contributed by atoms with van der Waals surface area (Å²) in [4.78, 5) is 21.6. The summed E-state index contributed by atoms with van der Waals surface area (Å²) in [5, 5.41) is 11.4. The first-order valence-corrected chi connectivity index (χ1v) is 4.68. The van der Waals surface area contributed by atoms with E-state index in [0.29, 0.717) is 12.1 Å². The Morgan fingerprint density at radius 1 is 1.40 bits per heavy atom. The summed E-state index contributed by atoms with van der Waals surface area (Å²) in [5.74, 6) is -1.12. The molecule has 0 aliphatic carbocycles. The van der Waals surface area contributed by atoms with Gasteiger partial charge in [-0.1, -0.05) is 6.92 Å². The molecule has 4 nitrogen and oxygen atoms in total. The second kappa shape index (κ2) is 4.59. The van der Waals surface area contributed by atoms with E-state index in [1.807, 2.05) is 6.92 Å². The molecule has 0 fully saturated rings. The molecule has 1 aromatic carbocycles. The minimum atomic E-state index is -0.959. The van der Waals surface area contributed by atoms with Crippen LogP contribution in [0.25, 0.3) is 0 Å². The smallest absolute Gasteiger partial charge is 0.335 e. The number of carboxylic acid groups (broad SMARTS) is 1. The van der Waals surface area contributed by atoms with E-state index in [2.05, 4.69) is 5.32 Å². The lowest BCUT2D eigenvalue weighted by Gasteiger charge is -2.08. The first-order valence-electron chi connectivity index (χ1n) is 4.68. The molecule has 1 aromatic rings. The maximum absolute atomic E-state index is 10.9. The number of rotatable bonds is 3. The number of hydrogen-bond donors (Lipinski definition) is 2. The highest BCUT2D eigenvalue weighted by Gasteiger charge is 2.07. The highest BCUT2D eigenvalue weighted by molar-refractivity contribution is 5.92. The second-order valence-electron chi connectivity index (χ2n) is 3.21. The Morgan fingerprint density at radius 2 is 2.07 bits per heavy atom. The van der Waals surface area contributed by atoms with E-state index in [4.69, 9.17) is 5.11 Å². The maximum atomic E-state index is 10.9. The van der Waals surface area contributed by atoms with Gasteiger partial charge in [-0.15, -0.1) is 0 Å². The van der Waals surface area contributed by atoms with Crippen molar-refractivity contribution in [1.82, 2.24) is 0 Å². The van der Waals surface area contributed by atoms with Crippen molar-refractivity contribution in [3.8, 4) is 0 Å². The van der Waals surface area contributed by atoms with Gasteiger partial charge in [0.2, 0.25) is 5.91 Å². The van der Waals surface area contributed by atoms with Crippen LogP contribution in [-0.4, -0.2) is 17.0 Å². The van der Waals surface area contributed by atoms with Crippen LogP contribution in [0.1, 0.15) is 29.8 Å². The third-order valence-electron chi connectivity index (χ3n) is 2.04. The van der Waals surface area contributed by atoms with Crippen LogP contribution in [0, 0.1) is 0 Å². The van der Waals surface area contributed by atoms with Gasteiger partial charge < -0.3 is 10.4 Å². The number of benzene rings is 1. The number of amides is 1. The quantitative estimate of drug-likeness (QED) is 0.795. The number of nitrogens with one attached hydrogen (secondary N) is 1. The lowest BCUT2D eigenvalue weighted by atomic mass is 10.1. The van der Waals surface area contributed by atoms with Crippen molar-refractivity contribution >= 4 is 17.6 Å². The molecule has 2 N–H and O–H groups in total. The molecule has 0 saturated heterocycles. The van der Waals surface area contributed by atoms with E-state index in [1.165, 1.54) is 13.0 Å². The van der Waals surface area contributed by atoms with Gasteiger partial charge in [0.25, 0.3) is 0 Å². The number of carbonyl (C=O) groups excluding carboxylic acids is 1. The van der Waals surface area contributed by atoms with Crippen molar-refractivity contribution in [3.63, 3.8) is 0 Å². The van der Waals surface area contributed by atoms with E-state index in [0.717, 1.165) is 5.56 Å². The molecule has 0 radical (unpaired) electrons. The Morgan fingerprint density at radius 3 is 2.53 bits per heavy atom. The third-order valence-corrected chi connectivity index (χ3v) is 2.04. The van der Waals surface area contributed by atoms with Gasteiger partial charge in [-0.3, -0.25) is 4.79 Å². The predicted molar refractivity (Wildman–Crippen MR) is 57.1 cm³/mol. The van der Waals surface area contributed by atoms with Gasteiger partial charge in [0.1, 0.15) is 0 Å². The Balaban J connectivity index is 3.08. The van der Waals surface area contributed by atoms with Gasteiger partial charge in [0.15, 0.2) is 0 Å². The summed E-state index contributed by atoms with van der Waals surface area (Å²) in [6.07, 6.45) is 0.677. The number of carbonyl (C=O) groups is 2. The summed E-state index contributed by atoms with van der Waals surface area (Å²) in [6, 6.07) is 4.67. The molecule has 1 rings (SSSR count). The molecule has 0 spiro atoms. The minimum absolute atomic E-state index is 0.159. The lowest BCUT2D eigenvalue weighted by Crippen LogP contribution is -2.09. The Bertz CT molecular complexity index is 399. The number of anilines is 1. The first-order chi connectivity index (χ1) is 7.04. The van der Waals surface area contributed by atoms with Crippen molar-refractivity contribution in [2.45, 2.75) is 20.3 Å². The Hall–Kier alpha value is -1.84. The molecule has 0 aliphatic rings. The van der Waals surface area contributed by atoms with Gasteiger partial charge in [-0.05, 0) is 30.2 Å². The summed E-state index contributed by atoms with van der Waals surface area (Å²) in [7, 11) is 0. The fourth-order valence-corrected chi connectivity index (χ4v) is 1.33. The fourth-order valence-electron chi connectivity index (χ4n) is 1.33. The zero-order chi connectivity index (χ0) is 11.4. The molecule has 0 aliphatic heterocycles. The number of aromatic carboxylic acids is 1. The van der Waals surface area contributed by atoms with E-state index in [1.54, 1.807) is 12.1 Å². The largest absolute Gasteiger partial charge is 0.478 e. The average Bonchev–Trinajstić information content (AvgIpc) is 2.17. The van der Waals surface area contributed by atoms with Crippen LogP contribution >= 0.6 is 0 Å². The van der Waals surface area contributed by atoms with Crippen molar-refractivity contribution < 1.29 is 14.7 Å². The second-order valence-corrected chi connectivity index (χ2v) is 3.21. The Labute approximate surface area is 87.9 Å². The van der Waals surface area contributed by atoms with Crippen molar-refractivity contribution in [2.75, 3.05) is 5.32 Å². The molecule has 15 heavy (non-hydrogen) atoms. The predicted octanol–water partition coefficient (Wildman–Crippen LogP) is 1.91. The summed E-state index contributed by atoms with van der Waals surface area (Å²) in [5.41, 5.74) is 1.74. The van der Waals surface area contributed by atoms with Crippen molar-refractivity contribution in [1.29, 1.82) is 0 Å². The van der Waals surface area contributed by atoms with Gasteiger partial charge in [-0.25, -0.2) is 4.79 Å². The zero-order valence-corrected chi connectivity index (χ0v) is 8.70.